The number of carbonyl (C=O) groups excluding carboxylic acids is 5. The van der Waals surface area contributed by atoms with Gasteiger partial charge < -0.3 is 30.5 Å². The average Bonchev–Trinajstić information content (AvgIpc) is 3.25. The van der Waals surface area contributed by atoms with Gasteiger partial charge in [-0.05, 0) is 6.92 Å². The summed E-state index contributed by atoms with van der Waals surface area (Å²) in [7, 11) is 0. The number of anilines is 1. The number of nitrogens with two attached hydrogens (primary N) is 1. The molecule has 1 aromatic heterocycles. The van der Waals surface area contributed by atoms with Gasteiger partial charge in [0.1, 0.15) is 29.4 Å². The monoisotopic (exact) mass is 589 g/mol. The molecule has 206 valence electrons. The van der Waals surface area contributed by atoms with Crippen molar-refractivity contribution < 1.29 is 43.4 Å². The molecule has 1 aromatic rings. The molecule has 0 bridgehead atoms. The van der Waals surface area contributed by atoms with Gasteiger partial charge in [-0.25, -0.2) is 14.6 Å². The predicted octanol–water partition coefficient (Wildman–Crippen LogP) is 0.551. The van der Waals surface area contributed by atoms with Gasteiger partial charge in [0.2, 0.25) is 6.29 Å². The Morgan fingerprint density at radius 1 is 1.34 bits per heavy atom. The molecule has 0 aliphatic carbocycles. The van der Waals surface area contributed by atoms with E-state index in [1.807, 2.05) is 0 Å². The number of hydrogen-bond donors (Lipinski definition) is 3. The number of β-lactam (4-membered cyclic amide) rings is 1. The first-order valence-electron chi connectivity index (χ1n) is 10.6. The number of carbonyl (C=O) groups is 5. The van der Waals surface area contributed by atoms with E-state index in [-0.39, 0.29) is 52.4 Å². The number of thioether (sulfide) groups is 1. The summed E-state index contributed by atoms with van der Waals surface area (Å²) in [4.78, 5) is 66.8. The van der Waals surface area contributed by atoms with Gasteiger partial charge >= 0.3 is 17.9 Å². The zero-order valence-corrected chi connectivity index (χ0v) is 22.7. The number of thiazole rings is 1. The van der Waals surface area contributed by atoms with Crippen molar-refractivity contribution in [1.29, 1.82) is 0 Å². The Kier molecular flexibility index (Phi) is 10.3. The van der Waals surface area contributed by atoms with E-state index >= 15 is 0 Å². The van der Waals surface area contributed by atoms with Crippen LogP contribution in [0, 0.1) is 0 Å². The molecule has 14 nitrogen and oxygen atoms in total. The zero-order valence-electron chi connectivity index (χ0n) is 20.3. The lowest BCUT2D eigenvalue weighted by Gasteiger charge is -2.49. The minimum Gasteiger partial charge on any atom is -0.458 e. The Morgan fingerprint density at radius 3 is 2.58 bits per heavy atom. The van der Waals surface area contributed by atoms with Gasteiger partial charge in [0, 0.05) is 36.1 Å². The van der Waals surface area contributed by atoms with Crippen molar-refractivity contribution in [2.75, 3.05) is 18.1 Å². The van der Waals surface area contributed by atoms with Crippen LogP contribution in [0.15, 0.2) is 34.0 Å². The van der Waals surface area contributed by atoms with Crippen LogP contribution in [0.2, 0.25) is 0 Å². The molecule has 1 fully saturated rings. The summed E-state index contributed by atoms with van der Waals surface area (Å²) in [5.41, 5.74) is 5.34. The average molecular weight is 590 g/mol. The number of nitrogens with one attached hydrogen (secondary N) is 1. The van der Waals surface area contributed by atoms with E-state index in [9.17, 15) is 29.2 Å². The summed E-state index contributed by atoms with van der Waals surface area (Å²) in [6, 6.07) is -1.08. The quantitative estimate of drug-likeness (QED) is 0.0688. The standard InChI is InChI=1S/C21H23N5O9S2.ClH/c1-8(2)19(30)33-5-11-6-36-18-14(24-16(28)13(25-32)12-7-37-21(22)23-12)17(29)26(18)15(11)20(31)35-10(4)34-9(3)27;/h7,10,14,18,32H,1,5-6H2,2-4H3,(H2,22,23)(H,24,28);1H/b25-13-;/t10-,14-,18-;/m1./s1. The van der Waals surface area contributed by atoms with Crippen LogP contribution in [0.3, 0.4) is 0 Å². The number of halogens is 1. The van der Waals surface area contributed by atoms with E-state index in [0.29, 0.717) is 0 Å². The van der Waals surface area contributed by atoms with Gasteiger partial charge in [-0.15, -0.1) is 35.5 Å². The molecular weight excluding hydrogens is 566 g/mol. The molecule has 2 amide bonds. The van der Waals surface area contributed by atoms with Crippen LogP contribution in [0.5, 0.6) is 0 Å². The van der Waals surface area contributed by atoms with Crippen molar-refractivity contribution in [1.82, 2.24) is 15.2 Å². The van der Waals surface area contributed by atoms with Crippen LogP contribution in [0.4, 0.5) is 5.13 Å². The number of oxime groups is 1. The molecule has 3 atom stereocenters. The molecule has 3 rings (SSSR count). The Hall–Kier alpha value is -3.63. The largest absolute Gasteiger partial charge is 0.458 e. The molecule has 0 unspecified atom stereocenters. The number of nitrogen functional groups attached to an aromatic ring is 1. The van der Waals surface area contributed by atoms with Crippen LogP contribution in [0.1, 0.15) is 26.5 Å². The van der Waals surface area contributed by atoms with E-state index in [4.69, 9.17) is 19.9 Å². The highest BCUT2D eigenvalue weighted by Gasteiger charge is 2.55. The van der Waals surface area contributed by atoms with Crippen molar-refractivity contribution in [2.24, 2.45) is 5.16 Å². The molecular formula is C21H24ClN5O9S2. The molecule has 0 aromatic carbocycles. The maximum atomic E-state index is 13.1. The minimum atomic E-state index is -1.26. The van der Waals surface area contributed by atoms with Gasteiger partial charge in [-0.2, -0.15) is 0 Å². The van der Waals surface area contributed by atoms with Crippen molar-refractivity contribution in [2.45, 2.75) is 38.5 Å². The van der Waals surface area contributed by atoms with Gasteiger partial charge in [0.25, 0.3) is 11.8 Å². The molecule has 2 aliphatic rings. The molecule has 0 radical (unpaired) electrons. The van der Waals surface area contributed by atoms with Crippen LogP contribution in [-0.4, -0.2) is 80.6 Å². The third-order valence-electron chi connectivity index (χ3n) is 4.94. The van der Waals surface area contributed by atoms with E-state index < -0.39 is 53.1 Å². The summed E-state index contributed by atoms with van der Waals surface area (Å²) in [5.74, 6) is -3.79. The van der Waals surface area contributed by atoms with E-state index in [1.165, 1.54) is 31.0 Å². The SMILES string of the molecule is C=C(C)C(=O)OCC1=C(C(=O)O[C@H](C)OC(C)=O)N2C(=O)[C@@H](NC(=O)/C(=N\O)c3csc(N)n3)[C@H]2SC1.Cl. The summed E-state index contributed by atoms with van der Waals surface area (Å²) in [6.45, 7) is 7.07. The first-order chi connectivity index (χ1) is 17.4. The smallest absolute Gasteiger partial charge is 0.358 e. The third-order valence-corrected chi connectivity index (χ3v) is 6.95. The van der Waals surface area contributed by atoms with Crippen molar-refractivity contribution in [3.8, 4) is 0 Å². The van der Waals surface area contributed by atoms with Crippen molar-refractivity contribution >= 4 is 76.1 Å². The summed E-state index contributed by atoms with van der Waals surface area (Å²) in [5, 5.41) is 15.6. The number of nitrogens with zero attached hydrogens (tertiary/aromatic N) is 3. The maximum Gasteiger partial charge on any atom is 0.358 e. The van der Waals surface area contributed by atoms with Crippen LogP contribution < -0.4 is 11.1 Å². The highest BCUT2D eigenvalue weighted by Crippen LogP contribution is 2.41. The molecule has 0 spiro atoms. The molecule has 38 heavy (non-hydrogen) atoms. The number of esters is 3. The molecule has 1 saturated heterocycles. The summed E-state index contributed by atoms with van der Waals surface area (Å²) in [6.07, 6.45) is -1.26. The van der Waals surface area contributed by atoms with Crippen molar-refractivity contribution in [3.63, 3.8) is 0 Å². The molecule has 17 heteroatoms. The fraction of sp³-hybridized carbons (Fsp3) is 0.381. The molecule has 2 aliphatic heterocycles. The van der Waals surface area contributed by atoms with Gasteiger partial charge in [0.05, 0.1) is 0 Å². The second-order valence-electron chi connectivity index (χ2n) is 7.77. The first kappa shape index (κ1) is 30.6. The number of rotatable bonds is 9. The molecule has 3 heterocycles. The number of fused-ring (bicyclic) bond motifs is 1. The van der Waals surface area contributed by atoms with Crippen LogP contribution in [0.25, 0.3) is 0 Å². The minimum absolute atomic E-state index is 0. The Bertz CT molecular complexity index is 1230. The normalized spacial score (nSPS) is 19.3. The highest BCUT2D eigenvalue weighted by atomic mass is 35.5. The lowest BCUT2D eigenvalue weighted by atomic mass is 10.0. The summed E-state index contributed by atoms with van der Waals surface area (Å²) >= 11 is 2.22. The fourth-order valence-electron chi connectivity index (χ4n) is 3.34. The van der Waals surface area contributed by atoms with Crippen LogP contribution in [-0.2, 0) is 38.2 Å². The van der Waals surface area contributed by atoms with Gasteiger partial charge in [-0.3, -0.25) is 19.3 Å². The Labute approximate surface area is 230 Å². The molecule has 4 N–H and O–H groups in total. The van der Waals surface area contributed by atoms with Crippen LogP contribution >= 0.6 is 35.5 Å². The Balaban J connectivity index is 0.00000507. The number of hydrogen-bond acceptors (Lipinski definition) is 14. The topological polar surface area (TPSA) is 200 Å². The van der Waals surface area contributed by atoms with E-state index in [1.54, 1.807) is 0 Å². The number of aromatic nitrogens is 1. The summed E-state index contributed by atoms with van der Waals surface area (Å²) < 4.78 is 15.1. The molecule has 0 saturated carbocycles. The second-order valence-corrected chi connectivity index (χ2v) is 9.77. The maximum absolute atomic E-state index is 13.1. The third kappa shape index (κ3) is 6.62. The number of amides is 2. The first-order valence-corrected chi connectivity index (χ1v) is 12.5. The van der Waals surface area contributed by atoms with Gasteiger partial charge in [0.15, 0.2) is 10.8 Å². The van der Waals surface area contributed by atoms with Gasteiger partial charge in [-0.1, -0.05) is 11.7 Å². The van der Waals surface area contributed by atoms with E-state index in [2.05, 4.69) is 22.0 Å². The predicted molar refractivity (Wildman–Crippen MR) is 137 cm³/mol. The number of ether oxygens (including phenoxy) is 3. The zero-order chi connectivity index (χ0) is 27.4. The van der Waals surface area contributed by atoms with Crippen molar-refractivity contribution in [3.05, 3.63) is 34.5 Å². The van der Waals surface area contributed by atoms with E-state index in [0.717, 1.165) is 23.2 Å². The highest BCUT2D eigenvalue weighted by molar-refractivity contribution is 8.00. The lowest BCUT2D eigenvalue weighted by molar-refractivity contribution is -0.182. The fourth-order valence-corrected chi connectivity index (χ4v) is 5.22. The second kappa shape index (κ2) is 12.7. The Morgan fingerprint density at radius 2 is 2.03 bits per heavy atom. The lowest BCUT2D eigenvalue weighted by Crippen LogP contribution is -2.71.